The second-order valence-electron chi connectivity index (χ2n) is 3.66. The van der Waals surface area contributed by atoms with Crippen LogP contribution >= 0.6 is 0 Å². The molecule has 16 heavy (non-hydrogen) atoms. The van der Waals surface area contributed by atoms with Crippen molar-refractivity contribution in [1.82, 2.24) is 4.98 Å². The minimum atomic E-state index is 0.786. The molecule has 3 nitrogen and oxygen atoms in total. The van der Waals surface area contributed by atoms with Gasteiger partial charge in [0.15, 0.2) is 0 Å². The first kappa shape index (κ1) is 10.5. The number of hydrogen-bond donors (Lipinski definition) is 2. The number of nitrogen functional groups attached to an aromatic ring is 1. The van der Waals surface area contributed by atoms with E-state index in [1.54, 1.807) is 0 Å². The van der Waals surface area contributed by atoms with Gasteiger partial charge in [-0.15, -0.1) is 0 Å². The van der Waals surface area contributed by atoms with E-state index in [-0.39, 0.29) is 0 Å². The maximum Gasteiger partial charge on any atom is 0.0360 e. The molecule has 0 amide bonds. The number of anilines is 2. The van der Waals surface area contributed by atoms with Gasteiger partial charge < -0.3 is 11.1 Å². The summed E-state index contributed by atoms with van der Waals surface area (Å²) in [5, 5.41) is 3.33. The molecule has 82 valence electrons. The van der Waals surface area contributed by atoms with E-state index in [2.05, 4.69) is 10.3 Å². The van der Waals surface area contributed by atoms with Gasteiger partial charge in [-0.1, -0.05) is 6.07 Å². The van der Waals surface area contributed by atoms with Gasteiger partial charge in [-0.2, -0.15) is 0 Å². The van der Waals surface area contributed by atoms with Crippen LogP contribution in [0.15, 0.2) is 48.8 Å². The minimum Gasteiger partial charge on any atom is -0.399 e. The molecule has 0 spiro atoms. The third-order valence-electron chi connectivity index (χ3n) is 2.38. The molecule has 2 aromatic rings. The van der Waals surface area contributed by atoms with E-state index in [1.165, 1.54) is 5.56 Å². The highest BCUT2D eigenvalue weighted by Gasteiger charge is 1.94. The number of nitrogens with two attached hydrogens (primary N) is 1. The zero-order chi connectivity index (χ0) is 11.2. The zero-order valence-corrected chi connectivity index (χ0v) is 9.06. The lowest BCUT2D eigenvalue weighted by Crippen LogP contribution is -2.05. The van der Waals surface area contributed by atoms with Crippen LogP contribution in [0.1, 0.15) is 5.56 Å². The number of aromatic nitrogens is 1. The second-order valence-corrected chi connectivity index (χ2v) is 3.66. The first-order chi connectivity index (χ1) is 7.84. The second kappa shape index (κ2) is 5.16. The summed E-state index contributed by atoms with van der Waals surface area (Å²) in [7, 11) is 0. The van der Waals surface area contributed by atoms with Crippen molar-refractivity contribution < 1.29 is 0 Å². The summed E-state index contributed by atoms with van der Waals surface area (Å²) in [5.74, 6) is 0. The Morgan fingerprint density at radius 3 is 2.69 bits per heavy atom. The van der Waals surface area contributed by atoms with Crippen molar-refractivity contribution >= 4 is 11.4 Å². The maximum absolute atomic E-state index is 5.69. The fraction of sp³-hybridized carbons (Fsp3) is 0.154. The largest absolute Gasteiger partial charge is 0.399 e. The molecule has 0 atom stereocenters. The Balaban J connectivity index is 1.85. The van der Waals surface area contributed by atoms with E-state index in [0.717, 1.165) is 24.3 Å². The third kappa shape index (κ3) is 2.98. The van der Waals surface area contributed by atoms with Crippen molar-refractivity contribution in [2.24, 2.45) is 0 Å². The van der Waals surface area contributed by atoms with Gasteiger partial charge in [0.1, 0.15) is 0 Å². The Morgan fingerprint density at radius 1 is 1.12 bits per heavy atom. The van der Waals surface area contributed by atoms with Crippen LogP contribution in [0.5, 0.6) is 0 Å². The van der Waals surface area contributed by atoms with Gasteiger partial charge >= 0.3 is 0 Å². The Hall–Kier alpha value is -2.03. The summed E-state index contributed by atoms with van der Waals surface area (Å²) in [5.41, 5.74) is 8.83. The maximum atomic E-state index is 5.69. The van der Waals surface area contributed by atoms with Gasteiger partial charge in [-0.05, 0) is 42.3 Å². The van der Waals surface area contributed by atoms with Crippen LogP contribution in [0.25, 0.3) is 0 Å². The minimum absolute atomic E-state index is 0.786. The standard InChI is InChI=1S/C13H15N3/c14-12-2-1-3-13(10-12)16-9-6-11-4-7-15-8-5-11/h1-5,7-8,10,16H,6,9,14H2. The van der Waals surface area contributed by atoms with Crippen LogP contribution in [0.4, 0.5) is 11.4 Å². The molecule has 0 saturated heterocycles. The van der Waals surface area contributed by atoms with Gasteiger partial charge in [-0.25, -0.2) is 0 Å². The summed E-state index contributed by atoms with van der Waals surface area (Å²) in [6, 6.07) is 11.8. The zero-order valence-electron chi connectivity index (χ0n) is 9.06. The van der Waals surface area contributed by atoms with E-state index < -0.39 is 0 Å². The van der Waals surface area contributed by atoms with Gasteiger partial charge in [0, 0.05) is 30.3 Å². The number of nitrogens with zero attached hydrogens (tertiary/aromatic N) is 1. The van der Waals surface area contributed by atoms with Crippen molar-refractivity contribution in [3.05, 3.63) is 54.4 Å². The molecule has 3 N–H and O–H groups in total. The third-order valence-corrected chi connectivity index (χ3v) is 2.38. The highest BCUT2D eigenvalue weighted by Crippen LogP contribution is 2.11. The molecular weight excluding hydrogens is 198 g/mol. The number of hydrogen-bond acceptors (Lipinski definition) is 3. The normalized spacial score (nSPS) is 10.0. The van der Waals surface area contributed by atoms with Gasteiger partial charge in [0.25, 0.3) is 0 Å². The first-order valence-corrected chi connectivity index (χ1v) is 5.33. The number of benzene rings is 1. The van der Waals surface area contributed by atoms with E-state index in [0.29, 0.717) is 0 Å². The van der Waals surface area contributed by atoms with Crippen molar-refractivity contribution in [3.8, 4) is 0 Å². The molecule has 2 rings (SSSR count). The predicted molar refractivity (Wildman–Crippen MR) is 67.3 cm³/mol. The molecular formula is C13H15N3. The fourth-order valence-corrected chi connectivity index (χ4v) is 1.55. The monoisotopic (exact) mass is 213 g/mol. The average Bonchev–Trinajstić information content (AvgIpc) is 2.30. The lowest BCUT2D eigenvalue weighted by Gasteiger charge is -2.06. The smallest absolute Gasteiger partial charge is 0.0360 e. The van der Waals surface area contributed by atoms with Gasteiger partial charge in [0.05, 0.1) is 0 Å². The Labute approximate surface area is 95.3 Å². The lowest BCUT2D eigenvalue weighted by atomic mass is 10.2. The van der Waals surface area contributed by atoms with Crippen LogP contribution in [-0.2, 0) is 6.42 Å². The van der Waals surface area contributed by atoms with Crippen LogP contribution in [-0.4, -0.2) is 11.5 Å². The first-order valence-electron chi connectivity index (χ1n) is 5.33. The SMILES string of the molecule is Nc1cccc(NCCc2ccncc2)c1. The van der Waals surface area contributed by atoms with Crippen molar-refractivity contribution in [2.75, 3.05) is 17.6 Å². The summed E-state index contributed by atoms with van der Waals surface area (Å²) < 4.78 is 0. The summed E-state index contributed by atoms with van der Waals surface area (Å²) in [6.45, 7) is 0.896. The number of nitrogens with one attached hydrogen (secondary N) is 1. The Morgan fingerprint density at radius 2 is 1.94 bits per heavy atom. The fourth-order valence-electron chi connectivity index (χ4n) is 1.55. The van der Waals surface area contributed by atoms with Crippen LogP contribution in [0, 0.1) is 0 Å². The molecule has 3 heteroatoms. The molecule has 0 bridgehead atoms. The Bertz CT molecular complexity index is 440. The highest BCUT2D eigenvalue weighted by molar-refractivity contribution is 5.54. The van der Waals surface area contributed by atoms with Crippen molar-refractivity contribution in [1.29, 1.82) is 0 Å². The molecule has 1 aromatic carbocycles. The van der Waals surface area contributed by atoms with E-state index in [9.17, 15) is 0 Å². The Kier molecular flexibility index (Phi) is 3.38. The topological polar surface area (TPSA) is 50.9 Å². The van der Waals surface area contributed by atoms with E-state index in [1.807, 2.05) is 48.8 Å². The van der Waals surface area contributed by atoms with Gasteiger partial charge in [-0.3, -0.25) is 4.98 Å². The van der Waals surface area contributed by atoms with Crippen LogP contribution < -0.4 is 11.1 Å². The quantitative estimate of drug-likeness (QED) is 0.766. The average molecular weight is 213 g/mol. The predicted octanol–water partition coefficient (Wildman–Crippen LogP) is 2.32. The van der Waals surface area contributed by atoms with Crippen molar-refractivity contribution in [3.63, 3.8) is 0 Å². The summed E-state index contributed by atoms with van der Waals surface area (Å²) >= 11 is 0. The van der Waals surface area contributed by atoms with E-state index >= 15 is 0 Å². The lowest BCUT2D eigenvalue weighted by molar-refractivity contribution is 1.01. The molecule has 0 radical (unpaired) electrons. The molecule has 1 heterocycles. The van der Waals surface area contributed by atoms with Crippen LogP contribution in [0.2, 0.25) is 0 Å². The molecule has 0 saturated carbocycles. The highest BCUT2D eigenvalue weighted by atomic mass is 14.9. The molecule has 1 aromatic heterocycles. The number of rotatable bonds is 4. The molecule has 0 aliphatic carbocycles. The van der Waals surface area contributed by atoms with Crippen molar-refractivity contribution in [2.45, 2.75) is 6.42 Å². The molecule has 0 aliphatic heterocycles. The van der Waals surface area contributed by atoms with Gasteiger partial charge in [0.2, 0.25) is 0 Å². The molecule has 0 unspecified atom stereocenters. The summed E-state index contributed by atoms with van der Waals surface area (Å²) in [4.78, 5) is 3.99. The molecule has 0 fully saturated rings. The number of pyridine rings is 1. The van der Waals surface area contributed by atoms with E-state index in [4.69, 9.17) is 5.73 Å². The van der Waals surface area contributed by atoms with Crippen LogP contribution in [0.3, 0.4) is 0 Å². The molecule has 0 aliphatic rings. The summed E-state index contributed by atoms with van der Waals surface area (Å²) in [6.07, 6.45) is 4.61.